The standard InChI is InChI=1S/C18H16N2O5S2/c1-2-10-7-11(18(27-10)20-14(21)8-26-9-15(22)23)16(24)17-19-12-5-3-4-6-13(12)25-17/h3-7H,2,8-9H2,1H3,(H,20,21)(H,22,23). The molecule has 1 aromatic carbocycles. The van der Waals surface area contributed by atoms with Gasteiger partial charge in [0.05, 0.1) is 17.1 Å². The van der Waals surface area contributed by atoms with E-state index in [1.54, 1.807) is 30.3 Å². The summed E-state index contributed by atoms with van der Waals surface area (Å²) in [6.07, 6.45) is 0.710. The molecule has 0 aliphatic carbocycles. The van der Waals surface area contributed by atoms with Crippen molar-refractivity contribution in [2.24, 2.45) is 0 Å². The van der Waals surface area contributed by atoms with Crippen LogP contribution in [0.2, 0.25) is 0 Å². The number of hydrogen-bond donors (Lipinski definition) is 2. The van der Waals surface area contributed by atoms with Gasteiger partial charge in [-0.2, -0.15) is 0 Å². The summed E-state index contributed by atoms with van der Waals surface area (Å²) >= 11 is 2.30. The predicted octanol–water partition coefficient (Wildman–Crippen LogP) is 3.44. The van der Waals surface area contributed by atoms with Gasteiger partial charge in [0.2, 0.25) is 5.91 Å². The highest BCUT2D eigenvalue weighted by Crippen LogP contribution is 2.31. The first-order valence-electron chi connectivity index (χ1n) is 8.10. The van der Waals surface area contributed by atoms with Gasteiger partial charge in [0.15, 0.2) is 5.58 Å². The number of benzene rings is 1. The largest absolute Gasteiger partial charge is 0.481 e. The second kappa shape index (κ2) is 8.36. The van der Waals surface area contributed by atoms with Gasteiger partial charge in [0.25, 0.3) is 11.7 Å². The SMILES string of the molecule is CCc1cc(C(=O)c2nc3ccccc3o2)c(NC(=O)CSCC(=O)O)s1. The van der Waals surface area contributed by atoms with Gasteiger partial charge >= 0.3 is 5.97 Å². The molecule has 3 rings (SSSR count). The number of fused-ring (bicyclic) bond motifs is 1. The number of nitrogens with one attached hydrogen (secondary N) is 1. The molecule has 0 aliphatic rings. The van der Waals surface area contributed by atoms with Gasteiger partial charge in [-0.15, -0.1) is 23.1 Å². The summed E-state index contributed by atoms with van der Waals surface area (Å²) in [6, 6.07) is 8.80. The number of rotatable bonds is 8. The van der Waals surface area contributed by atoms with Crippen LogP contribution in [0.25, 0.3) is 11.1 Å². The van der Waals surface area contributed by atoms with Gasteiger partial charge in [0, 0.05) is 4.88 Å². The molecule has 0 atom stereocenters. The molecule has 0 bridgehead atoms. The van der Waals surface area contributed by atoms with E-state index in [0.29, 0.717) is 28.1 Å². The van der Waals surface area contributed by atoms with E-state index in [1.165, 1.54) is 11.3 Å². The molecule has 7 nitrogen and oxygen atoms in total. The first kappa shape index (κ1) is 19.1. The van der Waals surface area contributed by atoms with Crippen molar-refractivity contribution in [3.05, 3.63) is 46.7 Å². The van der Waals surface area contributed by atoms with Gasteiger partial charge in [-0.05, 0) is 24.6 Å². The topological polar surface area (TPSA) is 110 Å². The van der Waals surface area contributed by atoms with Crippen molar-refractivity contribution in [1.82, 2.24) is 4.98 Å². The monoisotopic (exact) mass is 404 g/mol. The third kappa shape index (κ3) is 4.55. The number of thioether (sulfide) groups is 1. The number of para-hydroxylation sites is 2. The Balaban J connectivity index is 1.82. The Morgan fingerprint density at radius 1 is 1.26 bits per heavy atom. The molecule has 1 amide bonds. The zero-order valence-electron chi connectivity index (χ0n) is 14.4. The third-order valence-corrected chi connectivity index (χ3v) is 5.69. The van der Waals surface area contributed by atoms with Crippen molar-refractivity contribution in [2.45, 2.75) is 13.3 Å². The Bertz CT molecular complexity index is 975. The van der Waals surface area contributed by atoms with Gasteiger partial charge in [-0.3, -0.25) is 14.4 Å². The van der Waals surface area contributed by atoms with Crippen LogP contribution in [0.4, 0.5) is 5.00 Å². The zero-order chi connectivity index (χ0) is 19.4. The number of carbonyl (C=O) groups is 3. The number of nitrogens with zero attached hydrogens (tertiary/aromatic N) is 1. The number of carboxylic acid groups (broad SMARTS) is 1. The van der Waals surface area contributed by atoms with Crippen molar-refractivity contribution in [3.63, 3.8) is 0 Å². The number of anilines is 1. The fraction of sp³-hybridized carbons (Fsp3) is 0.222. The van der Waals surface area contributed by atoms with E-state index in [0.717, 1.165) is 16.6 Å². The second-order valence-electron chi connectivity index (χ2n) is 5.56. The van der Waals surface area contributed by atoms with Crippen LogP contribution < -0.4 is 5.32 Å². The van der Waals surface area contributed by atoms with Crippen LogP contribution in [-0.4, -0.2) is 39.3 Å². The van der Waals surface area contributed by atoms with E-state index >= 15 is 0 Å². The van der Waals surface area contributed by atoms with Crippen LogP contribution in [0, 0.1) is 0 Å². The maximum Gasteiger partial charge on any atom is 0.313 e. The van der Waals surface area contributed by atoms with Crippen LogP contribution in [0.15, 0.2) is 34.7 Å². The van der Waals surface area contributed by atoms with E-state index in [9.17, 15) is 14.4 Å². The van der Waals surface area contributed by atoms with Crippen molar-refractivity contribution < 1.29 is 23.9 Å². The molecular weight excluding hydrogens is 388 g/mol. The summed E-state index contributed by atoms with van der Waals surface area (Å²) in [5, 5.41) is 11.8. The Morgan fingerprint density at radius 3 is 2.74 bits per heavy atom. The number of aromatic nitrogens is 1. The molecule has 0 aliphatic heterocycles. The first-order chi connectivity index (χ1) is 13.0. The first-order valence-corrected chi connectivity index (χ1v) is 10.1. The Labute approximate surface area is 162 Å². The lowest BCUT2D eigenvalue weighted by Crippen LogP contribution is -2.16. The number of aliphatic carboxylic acids is 1. The maximum atomic E-state index is 12.9. The van der Waals surface area contributed by atoms with E-state index in [4.69, 9.17) is 9.52 Å². The molecule has 27 heavy (non-hydrogen) atoms. The van der Waals surface area contributed by atoms with Gasteiger partial charge in [0.1, 0.15) is 10.5 Å². The quantitative estimate of drug-likeness (QED) is 0.554. The average molecular weight is 404 g/mol. The highest BCUT2D eigenvalue weighted by Gasteiger charge is 2.23. The lowest BCUT2D eigenvalue weighted by molar-refractivity contribution is -0.133. The molecule has 0 radical (unpaired) electrons. The fourth-order valence-electron chi connectivity index (χ4n) is 2.36. The van der Waals surface area contributed by atoms with E-state index in [-0.39, 0.29) is 23.3 Å². The normalized spacial score (nSPS) is 10.9. The second-order valence-corrected chi connectivity index (χ2v) is 7.68. The molecule has 2 N–H and O–H groups in total. The molecule has 2 aromatic heterocycles. The minimum absolute atomic E-state index is 0.0117. The molecule has 9 heteroatoms. The lowest BCUT2D eigenvalue weighted by atomic mass is 10.2. The number of carbonyl (C=O) groups excluding carboxylic acids is 2. The molecule has 0 unspecified atom stereocenters. The summed E-state index contributed by atoms with van der Waals surface area (Å²) in [5.74, 6) is -1.96. The summed E-state index contributed by atoms with van der Waals surface area (Å²) in [7, 11) is 0. The number of carboxylic acids is 1. The number of oxazole rings is 1. The number of thiophene rings is 1. The number of ketones is 1. The third-order valence-electron chi connectivity index (χ3n) is 3.58. The molecule has 0 saturated heterocycles. The highest BCUT2D eigenvalue weighted by molar-refractivity contribution is 8.00. The molecule has 140 valence electrons. The molecule has 0 saturated carbocycles. The summed E-state index contributed by atoms with van der Waals surface area (Å²) in [4.78, 5) is 40.6. The van der Waals surface area contributed by atoms with Gasteiger partial charge < -0.3 is 14.8 Å². The van der Waals surface area contributed by atoms with Crippen LogP contribution in [-0.2, 0) is 16.0 Å². The highest BCUT2D eigenvalue weighted by atomic mass is 32.2. The minimum atomic E-state index is -0.982. The minimum Gasteiger partial charge on any atom is -0.481 e. The van der Waals surface area contributed by atoms with Gasteiger partial charge in [-0.1, -0.05) is 19.1 Å². The fourth-order valence-corrected chi connectivity index (χ4v) is 3.90. The molecular formula is C18H16N2O5S2. The van der Waals surface area contributed by atoms with Crippen LogP contribution >= 0.6 is 23.1 Å². The van der Waals surface area contributed by atoms with E-state index < -0.39 is 11.8 Å². The van der Waals surface area contributed by atoms with Crippen molar-refractivity contribution in [1.29, 1.82) is 0 Å². The van der Waals surface area contributed by atoms with Crippen molar-refractivity contribution in [3.8, 4) is 0 Å². The molecule has 0 fully saturated rings. The smallest absolute Gasteiger partial charge is 0.313 e. The van der Waals surface area contributed by atoms with Crippen molar-refractivity contribution in [2.75, 3.05) is 16.8 Å². The molecule has 2 heterocycles. The van der Waals surface area contributed by atoms with Crippen LogP contribution in [0.1, 0.15) is 28.0 Å². The Hall–Kier alpha value is -2.65. The number of amides is 1. The zero-order valence-corrected chi connectivity index (χ0v) is 16.0. The molecule has 3 aromatic rings. The predicted molar refractivity (Wildman–Crippen MR) is 105 cm³/mol. The Kier molecular flexibility index (Phi) is 5.92. The maximum absolute atomic E-state index is 12.9. The Morgan fingerprint density at radius 2 is 2.04 bits per heavy atom. The number of aryl methyl sites for hydroxylation is 1. The summed E-state index contributed by atoms with van der Waals surface area (Å²) < 4.78 is 5.54. The summed E-state index contributed by atoms with van der Waals surface area (Å²) in [5.41, 5.74) is 1.42. The van der Waals surface area contributed by atoms with Crippen molar-refractivity contribution >= 4 is 56.9 Å². The van der Waals surface area contributed by atoms with Gasteiger partial charge in [-0.25, -0.2) is 4.98 Å². The van der Waals surface area contributed by atoms with E-state index in [2.05, 4.69) is 10.3 Å². The van der Waals surface area contributed by atoms with Crippen LogP contribution in [0.3, 0.4) is 0 Å². The summed E-state index contributed by atoms with van der Waals surface area (Å²) in [6.45, 7) is 1.95. The van der Waals surface area contributed by atoms with E-state index in [1.807, 2.05) is 6.92 Å². The molecule has 0 spiro atoms. The number of hydrogen-bond acceptors (Lipinski definition) is 7. The lowest BCUT2D eigenvalue weighted by Gasteiger charge is -2.04. The average Bonchev–Trinajstić information content (AvgIpc) is 3.24. The van der Waals surface area contributed by atoms with Crippen LogP contribution in [0.5, 0.6) is 0 Å².